The fourth-order valence-electron chi connectivity index (χ4n) is 0.643. The summed E-state index contributed by atoms with van der Waals surface area (Å²) in [5.74, 6) is 0.270. The second-order valence-corrected chi connectivity index (χ2v) is 4.52. The summed E-state index contributed by atoms with van der Waals surface area (Å²) in [4.78, 5) is 11.1. The minimum absolute atomic E-state index is 0.0522. The predicted octanol–water partition coefficient (Wildman–Crippen LogP) is 0.515. The molecule has 0 radical (unpaired) electrons. The minimum atomic E-state index is -0.0522. The standard InChI is InChI=1S/C7H10N4OS2/c1-2-3-9-5(12)4-13-7-11-10-6(8)14-7/h2H,1,3-4H2,(H2,8,10)(H,9,12). The molecule has 76 valence electrons. The van der Waals surface area contributed by atoms with E-state index in [4.69, 9.17) is 5.73 Å². The van der Waals surface area contributed by atoms with Crippen molar-refractivity contribution in [3.05, 3.63) is 12.7 Å². The van der Waals surface area contributed by atoms with Crippen LogP contribution in [0, 0.1) is 0 Å². The Morgan fingerprint density at radius 3 is 3.07 bits per heavy atom. The number of nitrogens with zero attached hydrogens (tertiary/aromatic N) is 2. The van der Waals surface area contributed by atoms with Crippen molar-refractivity contribution in [1.29, 1.82) is 0 Å². The zero-order valence-corrected chi connectivity index (χ0v) is 9.03. The molecule has 3 N–H and O–H groups in total. The molecule has 0 aliphatic heterocycles. The van der Waals surface area contributed by atoms with Crippen LogP contribution in [0.1, 0.15) is 0 Å². The maximum atomic E-state index is 11.1. The molecular weight excluding hydrogens is 220 g/mol. The maximum Gasteiger partial charge on any atom is 0.230 e. The van der Waals surface area contributed by atoms with Crippen LogP contribution < -0.4 is 11.1 Å². The third-order valence-corrected chi connectivity index (χ3v) is 3.08. The third kappa shape index (κ3) is 3.75. The lowest BCUT2D eigenvalue weighted by atomic mass is 10.6. The summed E-state index contributed by atoms with van der Waals surface area (Å²) < 4.78 is 0.705. The highest BCUT2D eigenvalue weighted by atomic mass is 32.2. The number of carbonyl (C=O) groups is 1. The quantitative estimate of drug-likeness (QED) is 0.569. The number of aromatic nitrogens is 2. The van der Waals surface area contributed by atoms with Crippen LogP contribution in [0.4, 0.5) is 5.13 Å². The first-order chi connectivity index (χ1) is 6.72. The van der Waals surface area contributed by atoms with Crippen LogP contribution in [-0.2, 0) is 4.79 Å². The molecule has 7 heteroatoms. The molecule has 0 unspecified atom stereocenters. The number of hydrogen-bond donors (Lipinski definition) is 2. The van der Waals surface area contributed by atoms with E-state index in [0.29, 0.717) is 21.8 Å². The molecule has 0 atom stereocenters. The topological polar surface area (TPSA) is 80.9 Å². The van der Waals surface area contributed by atoms with Crippen LogP contribution in [0.2, 0.25) is 0 Å². The van der Waals surface area contributed by atoms with Gasteiger partial charge < -0.3 is 11.1 Å². The number of amides is 1. The molecular formula is C7H10N4OS2. The van der Waals surface area contributed by atoms with E-state index >= 15 is 0 Å². The summed E-state index contributed by atoms with van der Waals surface area (Å²) in [6.45, 7) is 3.98. The van der Waals surface area contributed by atoms with Crippen LogP contribution in [0.25, 0.3) is 0 Å². The van der Waals surface area contributed by atoms with Crippen LogP contribution >= 0.6 is 23.1 Å². The molecule has 5 nitrogen and oxygen atoms in total. The van der Waals surface area contributed by atoms with Gasteiger partial charge in [0.05, 0.1) is 5.75 Å². The summed E-state index contributed by atoms with van der Waals surface area (Å²) in [7, 11) is 0. The number of anilines is 1. The number of nitrogens with one attached hydrogen (secondary N) is 1. The monoisotopic (exact) mass is 230 g/mol. The Labute approximate surface area is 89.8 Å². The molecule has 0 fully saturated rings. The lowest BCUT2D eigenvalue weighted by molar-refractivity contribution is -0.118. The van der Waals surface area contributed by atoms with Crippen LogP contribution in [0.15, 0.2) is 17.0 Å². The summed E-state index contributed by atoms with van der Waals surface area (Å²) in [6, 6.07) is 0. The second-order valence-electron chi connectivity index (χ2n) is 2.29. The van der Waals surface area contributed by atoms with E-state index in [1.165, 1.54) is 23.1 Å². The molecule has 0 aliphatic carbocycles. The molecule has 1 aromatic rings. The zero-order valence-electron chi connectivity index (χ0n) is 7.40. The van der Waals surface area contributed by atoms with Crippen LogP contribution in [0.3, 0.4) is 0 Å². The van der Waals surface area contributed by atoms with Gasteiger partial charge in [0.15, 0.2) is 4.34 Å². The summed E-state index contributed by atoms with van der Waals surface area (Å²) in [5, 5.41) is 10.5. The lowest BCUT2D eigenvalue weighted by Crippen LogP contribution is -2.24. The van der Waals surface area contributed by atoms with E-state index in [1.807, 2.05) is 0 Å². The number of carbonyl (C=O) groups excluding carboxylic acids is 1. The van der Waals surface area contributed by atoms with Gasteiger partial charge in [-0.2, -0.15) is 0 Å². The van der Waals surface area contributed by atoms with Crippen LogP contribution in [0.5, 0.6) is 0 Å². The van der Waals surface area contributed by atoms with Gasteiger partial charge in [0.25, 0.3) is 0 Å². The van der Waals surface area contributed by atoms with Crippen molar-refractivity contribution < 1.29 is 4.79 Å². The SMILES string of the molecule is C=CCNC(=O)CSc1nnc(N)s1. The summed E-state index contributed by atoms with van der Waals surface area (Å²) >= 11 is 2.59. The van der Waals surface area contributed by atoms with E-state index in [1.54, 1.807) is 6.08 Å². The first kappa shape index (κ1) is 11.0. The first-order valence-corrected chi connectivity index (χ1v) is 5.62. The Bertz CT molecular complexity index is 325. The van der Waals surface area contributed by atoms with E-state index < -0.39 is 0 Å². The summed E-state index contributed by atoms with van der Waals surface area (Å²) in [6.07, 6.45) is 1.63. The highest BCUT2D eigenvalue weighted by Crippen LogP contribution is 2.22. The molecule has 1 amide bonds. The zero-order chi connectivity index (χ0) is 10.4. The Hall–Kier alpha value is -1.08. The lowest BCUT2D eigenvalue weighted by Gasteiger charge is -1.98. The van der Waals surface area contributed by atoms with E-state index in [2.05, 4.69) is 22.1 Å². The van der Waals surface area contributed by atoms with Gasteiger partial charge in [-0.25, -0.2) is 0 Å². The molecule has 0 saturated carbocycles. The molecule has 1 heterocycles. The van der Waals surface area contributed by atoms with Gasteiger partial charge in [-0.15, -0.1) is 16.8 Å². The molecule has 1 rings (SSSR count). The van der Waals surface area contributed by atoms with Crippen molar-refractivity contribution >= 4 is 34.1 Å². The Balaban J connectivity index is 2.26. The number of thioether (sulfide) groups is 1. The van der Waals surface area contributed by atoms with Gasteiger partial charge in [0.1, 0.15) is 0 Å². The average molecular weight is 230 g/mol. The molecule has 0 spiro atoms. The number of hydrogen-bond acceptors (Lipinski definition) is 6. The predicted molar refractivity (Wildman–Crippen MR) is 58.3 cm³/mol. The normalized spacial score (nSPS) is 9.71. The van der Waals surface area contributed by atoms with Crippen molar-refractivity contribution in [2.75, 3.05) is 18.0 Å². The number of rotatable bonds is 5. The summed E-state index contributed by atoms with van der Waals surface area (Å²) in [5.41, 5.74) is 5.38. The van der Waals surface area contributed by atoms with Crippen molar-refractivity contribution in [1.82, 2.24) is 15.5 Å². The highest BCUT2D eigenvalue weighted by molar-refractivity contribution is 8.01. The maximum absolute atomic E-state index is 11.1. The van der Waals surface area contributed by atoms with Gasteiger partial charge >= 0.3 is 0 Å². The Kier molecular flexibility index (Phi) is 4.41. The van der Waals surface area contributed by atoms with Crippen molar-refractivity contribution in [3.63, 3.8) is 0 Å². The number of nitrogens with two attached hydrogens (primary N) is 1. The number of nitrogen functional groups attached to an aromatic ring is 1. The average Bonchev–Trinajstić information content (AvgIpc) is 2.58. The third-order valence-electron chi connectivity index (χ3n) is 1.19. The largest absolute Gasteiger partial charge is 0.374 e. The van der Waals surface area contributed by atoms with E-state index in [-0.39, 0.29) is 5.91 Å². The molecule has 14 heavy (non-hydrogen) atoms. The van der Waals surface area contributed by atoms with E-state index in [0.717, 1.165) is 0 Å². The Morgan fingerprint density at radius 2 is 2.50 bits per heavy atom. The highest BCUT2D eigenvalue weighted by Gasteiger charge is 2.05. The Morgan fingerprint density at radius 1 is 1.71 bits per heavy atom. The molecule has 1 aromatic heterocycles. The molecule has 0 saturated heterocycles. The molecule has 0 bridgehead atoms. The minimum Gasteiger partial charge on any atom is -0.374 e. The van der Waals surface area contributed by atoms with Crippen molar-refractivity contribution in [3.8, 4) is 0 Å². The first-order valence-electron chi connectivity index (χ1n) is 3.81. The molecule has 0 aromatic carbocycles. The van der Waals surface area contributed by atoms with Gasteiger partial charge in [0.2, 0.25) is 11.0 Å². The van der Waals surface area contributed by atoms with Gasteiger partial charge in [-0.05, 0) is 0 Å². The molecule has 0 aliphatic rings. The smallest absolute Gasteiger partial charge is 0.230 e. The fourth-order valence-corrected chi connectivity index (χ4v) is 2.11. The van der Waals surface area contributed by atoms with Crippen molar-refractivity contribution in [2.45, 2.75) is 4.34 Å². The van der Waals surface area contributed by atoms with Gasteiger partial charge in [-0.3, -0.25) is 4.79 Å². The van der Waals surface area contributed by atoms with Gasteiger partial charge in [0, 0.05) is 6.54 Å². The van der Waals surface area contributed by atoms with Crippen molar-refractivity contribution in [2.24, 2.45) is 0 Å². The second kappa shape index (κ2) is 5.61. The van der Waals surface area contributed by atoms with Gasteiger partial charge in [-0.1, -0.05) is 29.2 Å². The van der Waals surface area contributed by atoms with Crippen LogP contribution in [-0.4, -0.2) is 28.4 Å². The fraction of sp³-hybridized carbons (Fsp3) is 0.286. The van der Waals surface area contributed by atoms with E-state index in [9.17, 15) is 4.79 Å².